The van der Waals surface area contributed by atoms with Gasteiger partial charge in [0.2, 0.25) is 0 Å². The minimum atomic E-state index is -0.241. The number of rotatable bonds is 2. The van der Waals surface area contributed by atoms with Crippen LogP contribution in [0.15, 0.2) is 12.5 Å². The normalized spacial score (nSPS) is 21.8. The summed E-state index contributed by atoms with van der Waals surface area (Å²) in [4.78, 5) is 28.2. The van der Waals surface area contributed by atoms with E-state index >= 15 is 0 Å². The molecule has 0 unspecified atom stereocenters. The van der Waals surface area contributed by atoms with Gasteiger partial charge in [0.05, 0.1) is 5.39 Å². The van der Waals surface area contributed by atoms with Gasteiger partial charge in [-0.25, -0.2) is 9.97 Å². The van der Waals surface area contributed by atoms with Crippen LogP contribution in [0.4, 0.5) is 5.82 Å². The molecule has 0 radical (unpaired) electrons. The number of carbonyl (C=O) groups is 1. The van der Waals surface area contributed by atoms with E-state index < -0.39 is 0 Å². The van der Waals surface area contributed by atoms with Crippen molar-refractivity contribution in [2.45, 2.75) is 31.7 Å². The highest BCUT2D eigenvalue weighted by Gasteiger charge is 2.30. The minimum absolute atomic E-state index is 0.0442. The fraction of sp³-hybridized carbons (Fsp3) is 0.526. The highest BCUT2D eigenvalue weighted by Crippen LogP contribution is 2.36. The number of aromatic nitrogens is 3. The van der Waals surface area contributed by atoms with Gasteiger partial charge in [0.25, 0.3) is 5.91 Å². The quantitative estimate of drug-likeness (QED) is 0.829. The molecule has 2 fully saturated rings. The van der Waals surface area contributed by atoms with Gasteiger partial charge in [-0.15, -0.1) is 6.42 Å². The summed E-state index contributed by atoms with van der Waals surface area (Å²) in [6.07, 6.45) is 11.0. The van der Waals surface area contributed by atoms with Crippen LogP contribution >= 0.6 is 0 Å². The van der Waals surface area contributed by atoms with Crippen molar-refractivity contribution in [3.63, 3.8) is 0 Å². The van der Waals surface area contributed by atoms with E-state index in [1.165, 1.54) is 5.56 Å². The van der Waals surface area contributed by atoms with Crippen LogP contribution in [0, 0.1) is 12.3 Å². The first-order valence-electron chi connectivity index (χ1n) is 9.11. The number of anilines is 1. The Labute approximate surface area is 152 Å². The number of terminal acetylenes is 1. The second-order valence-corrected chi connectivity index (χ2v) is 6.99. The number of nitrogens with zero attached hydrogens (tertiary/aromatic N) is 4. The lowest BCUT2D eigenvalue weighted by molar-refractivity contribution is -0.127. The summed E-state index contributed by atoms with van der Waals surface area (Å²) in [7, 11) is 0. The van der Waals surface area contributed by atoms with Crippen LogP contribution in [0.3, 0.4) is 0 Å². The molecule has 2 aliphatic heterocycles. The lowest BCUT2D eigenvalue weighted by Gasteiger charge is -2.39. The molecule has 7 nitrogen and oxygen atoms in total. The van der Waals surface area contributed by atoms with E-state index in [-0.39, 0.29) is 11.9 Å². The average Bonchev–Trinajstić information content (AvgIpc) is 3.12. The summed E-state index contributed by atoms with van der Waals surface area (Å²) in [6.45, 7) is 5.64. The predicted molar refractivity (Wildman–Crippen MR) is 98.9 cm³/mol. The van der Waals surface area contributed by atoms with Crippen LogP contribution in [0.1, 0.15) is 31.2 Å². The molecule has 26 heavy (non-hydrogen) atoms. The smallest absolute Gasteiger partial charge is 0.298 e. The van der Waals surface area contributed by atoms with Crippen molar-refractivity contribution in [3.8, 4) is 12.3 Å². The fourth-order valence-electron chi connectivity index (χ4n) is 4.07. The molecule has 4 rings (SSSR count). The summed E-state index contributed by atoms with van der Waals surface area (Å²) < 4.78 is 5.51. The Balaban J connectivity index is 1.66. The van der Waals surface area contributed by atoms with Gasteiger partial charge in [0.1, 0.15) is 17.8 Å². The third-order valence-corrected chi connectivity index (χ3v) is 5.45. The number of H-pyrrole nitrogens is 1. The predicted octanol–water partition coefficient (Wildman–Crippen LogP) is 1.52. The van der Waals surface area contributed by atoms with Crippen LogP contribution < -0.4 is 4.90 Å². The monoisotopic (exact) mass is 353 g/mol. The third kappa shape index (κ3) is 2.90. The molecule has 2 aromatic rings. The van der Waals surface area contributed by atoms with Crippen LogP contribution in [0.2, 0.25) is 0 Å². The molecule has 0 spiro atoms. The van der Waals surface area contributed by atoms with E-state index in [9.17, 15) is 4.79 Å². The number of hydrogen-bond donors (Lipinski definition) is 1. The number of amides is 1. The van der Waals surface area contributed by atoms with Crippen molar-refractivity contribution in [1.29, 1.82) is 0 Å². The lowest BCUT2D eigenvalue weighted by atomic mass is 9.92. The Kier molecular flexibility index (Phi) is 4.51. The first-order chi connectivity index (χ1) is 12.7. The number of carbonyl (C=O) groups excluding carboxylic acids is 1. The third-order valence-electron chi connectivity index (χ3n) is 5.45. The maximum absolute atomic E-state index is 11.9. The largest absolute Gasteiger partial charge is 0.381 e. The first-order valence-corrected chi connectivity index (χ1v) is 9.11. The van der Waals surface area contributed by atoms with E-state index in [4.69, 9.17) is 11.2 Å². The molecular weight excluding hydrogens is 330 g/mol. The second kappa shape index (κ2) is 6.96. The van der Waals surface area contributed by atoms with E-state index in [0.717, 1.165) is 42.9 Å². The Morgan fingerprint density at radius 1 is 1.35 bits per heavy atom. The molecule has 0 saturated carbocycles. The summed E-state index contributed by atoms with van der Waals surface area (Å²) in [5.41, 5.74) is 2.14. The van der Waals surface area contributed by atoms with E-state index in [0.29, 0.717) is 25.6 Å². The maximum Gasteiger partial charge on any atom is 0.298 e. The van der Waals surface area contributed by atoms with Crippen LogP contribution in [0.25, 0.3) is 11.0 Å². The van der Waals surface area contributed by atoms with Crippen molar-refractivity contribution in [1.82, 2.24) is 19.9 Å². The maximum atomic E-state index is 11.9. The van der Waals surface area contributed by atoms with Gasteiger partial charge in [-0.05, 0) is 37.2 Å². The zero-order valence-electron chi connectivity index (χ0n) is 14.9. The summed E-state index contributed by atoms with van der Waals surface area (Å²) in [6, 6.07) is 0.0442. The number of hydrogen-bond acceptors (Lipinski definition) is 5. The molecule has 2 saturated heterocycles. The number of fused-ring (bicyclic) bond motifs is 1. The molecule has 1 atom stereocenters. The van der Waals surface area contributed by atoms with Crippen molar-refractivity contribution in [3.05, 3.63) is 18.1 Å². The molecule has 136 valence electrons. The molecule has 1 amide bonds. The standard InChI is InChI=1S/C19H23N5O2/c1-3-16(25)24-7-6-23(11-13(24)2)19-17-15(14-4-8-26-9-5-14)10-20-18(17)21-12-22-19/h1,10,12-14H,4-9,11H2,2H3,(H,20,21,22)/t13-/m0/s1. The zero-order chi connectivity index (χ0) is 18.1. The Bertz CT molecular complexity index is 849. The molecule has 0 bridgehead atoms. The molecule has 4 heterocycles. The number of aromatic amines is 1. The number of piperazine rings is 1. The molecule has 7 heteroatoms. The fourth-order valence-corrected chi connectivity index (χ4v) is 4.07. The lowest BCUT2D eigenvalue weighted by Crippen LogP contribution is -2.54. The minimum Gasteiger partial charge on any atom is -0.381 e. The Hall–Kier alpha value is -2.59. The van der Waals surface area contributed by atoms with Gasteiger partial charge in [-0.3, -0.25) is 4.79 Å². The van der Waals surface area contributed by atoms with Gasteiger partial charge >= 0.3 is 0 Å². The average molecular weight is 353 g/mol. The topological polar surface area (TPSA) is 74.4 Å². The second-order valence-electron chi connectivity index (χ2n) is 6.99. The highest BCUT2D eigenvalue weighted by molar-refractivity contribution is 5.94. The van der Waals surface area contributed by atoms with E-state index in [1.54, 1.807) is 11.2 Å². The van der Waals surface area contributed by atoms with E-state index in [2.05, 4.69) is 32.0 Å². The summed E-state index contributed by atoms with van der Waals surface area (Å²) in [5.74, 6) is 3.39. The number of nitrogens with one attached hydrogen (secondary N) is 1. The number of ether oxygens (including phenoxy) is 1. The highest BCUT2D eigenvalue weighted by atomic mass is 16.5. The van der Waals surface area contributed by atoms with Crippen LogP contribution in [0.5, 0.6) is 0 Å². The van der Waals surface area contributed by atoms with E-state index in [1.807, 2.05) is 6.92 Å². The van der Waals surface area contributed by atoms with Gasteiger partial charge < -0.3 is 19.5 Å². The summed E-state index contributed by atoms with van der Waals surface area (Å²) >= 11 is 0. The molecule has 2 aromatic heterocycles. The van der Waals surface area contributed by atoms with Crippen LogP contribution in [-0.4, -0.2) is 64.6 Å². The zero-order valence-corrected chi connectivity index (χ0v) is 14.9. The van der Waals surface area contributed by atoms with Gasteiger partial charge in [0, 0.05) is 45.1 Å². The van der Waals surface area contributed by atoms with Crippen molar-refractivity contribution < 1.29 is 9.53 Å². The van der Waals surface area contributed by atoms with Gasteiger partial charge in [0.15, 0.2) is 0 Å². The van der Waals surface area contributed by atoms with Crippen molar-refractivity contribution >= 4 is 22.8 Å². The van der Waals surface area contributed by atoms with Gasteiger partial charge in [-0.2, -0.15) is 0 Å². The molecule has 0 aliphatic carbocycles. The van der Waals surface area contributed by atoms with Crippen molar-refractivity contribution in [2.24, 2.45) is 0 Å². The molecule has 1 N–H and O–H groups in total. The molecular formula is C19H23N5O2. The summed E-state index contributed by atoms with van der Waals surface area (Å²) in [5, 5.41) is 1.10. The SMILES string of the molecule is C#CC(=O)N1CCN(c2ncnc3[nH]cc(C4CCOCC4)c23)C[C@@H]1C. The molecule has 2 aliphatic rings. The Morgan fingerprint density at radius 2 is 2.15 bits per heavy atom. The van der Waals surface area contributed by atoms with Crippen molar-refractivity contribution in [2.75, 3.05) is 37.7 Å². The Morgan fingerprint density at radius 3 is 2.88 bits per heavy atom. The first kappa shape index (κ1) is 16.9. The van der Waals surface area contributed by atoms with Crippen LogP contribution in [-0.2, 0) is 9.53 Å². The van der Waals surface area contributed by atoms with Gasteiger partial charge in [-0.1, -0.05) is 0 Å². The molecule has 0 aromatic carbocycles.